The molecule has 2 N–H and O–H groups in total. The van der Waals surface area contributed by atoms with Gasteiger partial charge in [-0.3, -0.25) is 10.2 Å². The minimum absolute atomic E-state index is 0.677. The van der Waals surface area contributed by atoms with Gasteiger partial charge in [0.15, 0.2) is 5.65 Å². The maximum Gasteiger partial charge on any atom is 0.181 e. The number of aromatic amines is 2. The molecule has 3 heterocycles. The second-order valence-corrected chi connectivity index (χ2v) is 6.46. The van der Waals surface area contributed by atoms with Gasteiger partial charge in [0, 0.05) is 34.5 Å². The summed E-state index contributed by atoms with van der Waals surface area (Å²) >= 11 is 0. The number of para-hydroxylation sites is 1. The SMILES string of the molecule is COc1ccccc1-c1[nH]nc2ncc(-c3cccc(-c4cn[nH]c4)c3)cc12. The number of pyridine rings is 1. The van der Waals surface area contributed by atoms with Gasteiger partial charge in [-0.25, -0.2) is 4.98 Å². The normalized spacial score (nSPS) is 11.0. The summed E-state index contributed by atoms with van der Waals surface area (Å²) in [6, 6.07) is 18.3. The first-order valence-electron chi connectivity index (χ1n) is 8.90. The number of ether oxygens (including phenoxy) is 1. The van der Waals surface area contributed by atoms with Crippen molar-refractivity contribution in [2.75, 3.05) is 7.11 Å². The van der Waals surface area contributed by atoms with Crippen molar-refractivity contribution in [3.63, 3.8) is 0 Å². The largest absolute Gasteiger partial charge is 0.496 e. The molecule has 28 heavy (non-hydrogen) atoms. The van der Waals surface area contributed by atoms with Crippen molar-refractivity contribution < 1.29 is 4.74 Å². The van der Waals surface area contributed by atoms with Gasteiger partial charge in [-0.1, -0.05) is 30.3 Å². The van der Waals surface area contributed by atoms with Crippen molar-refractivity contribution in [3.05, 3.63) is 73.2 Å². The molecule has 0 spiro atoms. The summed E-state index contributed by atoms with van der Waals surface area (Å²) in [5, 5.41) is 15.3. The Morgan fingerprint density at radius 3 is 2.54 bits per heavy atom. The number of benzene rings is 2. The molecule has 0 unspecified atom stereocenters. The van der Waals surface area contributed by atoms with Gasteiger partial charge in [0.2, 0.25) is 0 Å². The lowest BCUT2D eigenvalue weighted by atomic mass is 10.0. The van der Waals surface area contributed by atoms with Gasteiger partial charge in [0.1, 0.15) is 5.75 Å². The summed E-state index contributed by atoms with van der Waals surface area (Å²) in [6.45, 7) is 0. The first-order valence-corrected chi connectivity index (χ1v) is 8.90. The van der Waals surface area contributed by atoms with Gasteiger partial charge in [-0.2, -0.15) is 10.2 Å². The molecule has 0 aliphatic carbocycles. The third-order valence-electron chi connectivity index (χ3n) is 4.81. The molecule has 0 saturated heterocycles. The highest BCUT2D eigenvalue weighted by Gasteiger charge is 2.14. The molecular weight excluding hydrogens is 350 g/mol. The maximum absolute atomic E-state index is 5.51. The van der Waals surface area contributed by atoms with E-state index in [2.05, 4.69) is 49.6 Å². The smallest absolute Gasteiger partial charge is 0.181 e. The van der Waals surface area contributed by atoms with E-state index in [0.29, 0.717) is 5.65 Å². The van der Waals surface area contributed by atoms with E-state index < -0.39 is 0 Å². The average molecular weight is 367 g/mol. The fourth-order valence-electron chi connectivity index (χ4n) is 3.40. The number of H-pyrrole nitrogens is 2. The molecule has 0 bridgehead atoms. The predicted molar refractivity (Wildman–Crippen MR) is 109 cm³/mol. The zero-order valence-corrected chi connectivity index (χ0v) is 15.2. The van der Waals surface area contributed by atoms with Gasteiger partial charge in [0.05, 0.1) is 19.0 Å². The number of nitrogens with zero attached hydrogens (tertiary/aromatic N) is 3. The molecule has 0 amide bonds. The highest BCUT2D eigenvalue weighted by atomic mass is 16.5. The Bertz CT molecular complexity index is 1260. The Hall–Kier alpha value is -3.93. The minimum Gasteiger partial charge on any atom is -0.496 e. The molecule has 5 aromatic rings. The number of hydrogen-bond acceptors (Lipinski definition) is 4. The molecule has 136 valence electrons. The van der Waals surface area contributed by atoms with E-state index in [4.69, 9.17) is 4.74 Å². The van der Waals surface area contributed by atoms with Crippen LogP contribution in [0.4, 0.5) is 0 Å². The molecule has 0 aliphatic heterocycles. The molecule has 5 rings (SSSR count). The molecule has 0 fully saturated rings. The van der Waals surface area contributed by atoms with Crippen LogP contribution in [0.25, 0.3) is 44.5 Å². The van der Waals surface area contributed by atoms with Crippen LogP contribution >= 0.6 is 0 Å². The number of rotatable bonds is 4. The van der Waals surface area contributed by atoms with Crippen LogP contribution < -0.4 is 4.74 Å². The van der Waals surface area contributed by atoms with E-state index >= 15 is 0 Å². The number of aromatic nitrogens is 5. The van der Waals surface area contributed by atoms with Crippen LogP contribution in [0.5, 0.6) is 5.75 Å². The Labute approximate surface area is 161 Å². The lowest BCUT2D eigenvalue weighted by Gasteiger charge is -2.07. The predicted octanol–water partition coefficient (Wildman–Crippen LogP) is 4.69. The van der Waals surface area contributed by atoms with Gasteiger partial charge >= 0.3 is 0 Å². The van der Waals surface area contributed by atoms with Crippen LogP contribution in [-0.4, -0.2) is 32.5 Å². The molecule has 6 heteroatoms. The van der Waals surface area contributed by atoms with E-state index in [0.717, 1.165) is 44.6 Å². The summed E-state index contributed by atoms with van der Waals surface area (Å²) in [5.41, 5.74) is 6.79. The number of hydrogen-bond donors (Lipinski definition) is 2. The first-order chi connectivity index (χ1) is 13.8. The monoisotopic (exact) mass is 367 g/mol. The lowest BCUT2D eigenvalue weighted by Crippen LogP contribution is -1.88. The number of methoxy groups -OCH3 is 1. The standard InChI is InChI=1S/C22H17N5O/c1-28-20-8-3-2-7-18(20)21-19-10-16(11-23-22(19)27-26-21)14-5-4-6-15(9-14)17-12-24-25-13-17/h2-13H,1H3,(H,24,25)(H,23,26,27). The molecule has 6 nitrogen and oxygen atoms in total. The van der Waals surface area contributed by atoms with Crippen molar-refractivity contribution in [1.82, 2.24) is 25.4 Å². The number of nitrogens with one attached hydrogen (secondary N) is 2. The summed E-state index contributed by atoms with van der Waals surface area (Å²) in [6.07, 6.45) is 5.55. The van der Waals surface area contributed by atoms with E-state index in [1.54, 1.807) is 7.11 Å². The highest BCUT2D eigenvalue weighted by Crippen LogP contribution is 2.34. The van der Waals surface area contributed by atoms with Crippen molar-refractivity contribution in [2.45, 2.75) is 0 Å². The van der Waals surface area contributed by atoms with Crippen LogP contribution in [0, 0.1) is 0 Å². The van der Waals surface area contributed by atoms with Gasteiger partial charge < -0.3 is 4.74 Å². The average Bonchev–Trinajstić information content (AvgIpc) is 3.43. The van der Waals surface area contributed by atoms with Crippen molar-refractivity contribution >= 4 is 11.0 Å². The molecular formula is C22H17N5O. The molecule has 2 aromatic carbocycles. The first kappa shape index (κ1) is 16.3. The van der Waals surface area contributed by atoms with Crippen LogP contribution in [0.15, 0.2) is 73.2 Å². The second kappa shape index (κ2) is 6.66. The molecule has 0 atom stereocenters. The second-order valence-electron chi connectivity index (χ2n) is 6.46. The van der Waals surface area contributed by atoms with E-state index in [1.807, 2.05) is 48.9 Å². The Morgan fingerprint density at radius 1 is 0.857 bits per heavy atom. The zero-order valence-electron chi connectivity index (χ0n) is 15.2. The summed E-state index contributed by atoms with van der Waals surface area (Å²) in [7, 11) is 1.67. The Kier molecular flexibility index (Phi) is 3.87. The summed E-state index contributed by atoms with van der Waals surface area (Å²) in [5.74, 6) is 0.792. The quantitative estimate of drug-likeness (QED) is 0.483. The van der Waals surface area contributed by atoms with Crippen molar-refractivity contribution in [2.24, 2.45) is 0 Å². The molecule has 0 aliphatic rings. The molecule has 3 aromatic heterocycles. The van der Waals surface area contributed by atoms with Crippen LogP contribution in [-0.2, 0) is 0 Å². The minimum atomic E-state index is 0.677. The van der Waals surface area contributed by atoms with Crippen molar-refractivity contribution in [1.29, 1.82) is 0 Å². The van der Waals surface area contributed by atoms with Gasteiger partial charge in [-0.15, -0.1) is 0 Å². The Morgan fingerprint density at radius 2 is 1.71 bits per heavy atom. The fraction of sp³-hybridized carbons (Fsp3) is 0.0455. The van der Waals surface area contributed by atoms with E-state index in [-0.39, 0.29) is 0 Å². The summed E-state index contributed by atoms with van der Waals surface area (Å²) in [4.78, 5) is 4.55. The van der Waals surface area contributed by atoms with Crippen LogP contribution in [0.3, 0.4) is 0 Å². The van der Waals surface area contributed by atoms with Gasteiger partial charge in [0.25, 0.3) is 0 Å². The van der Waals surface area contributed by atoms with Crippen LogP contribution in [0.2, 0.25) is 0 Å². The summed E-state index contributed by atoms with van der Waals surface area (Å²) < 4.78 is 5.51. The molecule has 0 saturated carbocycles. The lowest BCUT2D eigenvalue weighted by molar-refractivity contribution is 0.416. The topological polar surface area (TPSA) is 79.5 Å². The van der Waals surface area contributed by atoms with Crippen LogP contribution in [0.1, 0.15) is 0 Å². The third kappa shape index (κ3) is 2.72. The zero-order chi connectivity index (χ0) is 18.9. The van der Waals surface area contributed by atoms with E-state index in [9.17, 15) is 0 Å². The fourth-order valence-corrected chi connectivity index (χ4v) is 3.40. The van der Waals surface area contributed by atoms with Gasteiger partial charge in [-0.05, 0) is 35.4 Å². The van der Waals surface area contributed by atoms with Crippen molar-refractivity contribution in [3.8, 4) is 39.3 Å². The highest BCUT2D eigenvalue weighted by molar-refractivity contribution is 5.95. The Balaban J connectivity index is 1.64. The maximum atomic E-state index is 5.51. The number of fused-ring (bicyclic) bond motifs is 1. The third-order valence-corrected chi connectivity index (χ3v) is 4.81. The molecule has 0 radical (unpaired) electrons. The van der Waals surface area contributed by atoms with E-state index in [1.165, 1.54) is 0 Å².